The van der Waals surface area contributed by atoms with Crippen LogP contribution in [0.2, 0.25) is 0 Å². The molecule has 0 spiro atoms. The number of imidazole rings is 1. The first-order valence-corrected chi connectivity index (χ1v) is 6.46. The number of fused-ring (bicyclic) bond motifs is 1. The van der Waals surface area contributed by atoms with Crippen LogP contribution in [0.4, 0.5) is 0 Å². The van der Waals surface area contributed by atoms with Crippen LogP contribution in [0.15, 0.2) is 51.7 Å². The Hall–Kier alpha value is -1.81. The van der Waals surface area contributed by atoms with E-state index in [9.17, 15) is 4.79 Å². The van der Waals surface area contributed by atoms with Gasteiger partial charge in [0.05, 0.1) is 11.0 Å². The second-order valence-corrected chi connectivity index (χ2v) is 5.09. The van der Waals surface area contributed by atoms with Crippen LogP contribution >= 0.6 is 15.9 Å². The maximum Gasteiger partial charge on any atom is 0.323 e. The van der Waals surface area contributed by atoms with Crippen molar-refractivity contribution in [1.29, 1.82) is 0 Å². The minimum atomic E-state index is -0.172. The van der Waals surface area contributed by atoms with Crippen LogP contribution in [0.5, 0.6) is 0 Å². The Morgan fingerprint density at radius 3 is 2.39 bits per heavy atom. The molecule has 0 atom stereocenters. The average Bonchev–Trinajstić information content (AvgIpc) is 2.70. The topological polar surface area (TPSA) is 48.6 Å². The summed E-state index contributed by atoms with van der Waals surface area (Å²) in [6.45, 7) is 0. The van der Waals surface area contributed by atoms with Gasteiger partial charge in [-0.2, -0.15) is 0 Å². The molecule has 1 aromatic heterocycles. The number of rotatable bonds is 2. The Bertz CT molecular complexity index is 743. The van der Waals surface area contributed by atoms with E-state index in [-0.39, 0.29) is 5.69 Å². The lowest BCUT2D eigenvalue weighted by molar-refractivity contribution is 1.18. The molecule has 0 aliphatic heterocycles. The third-order valence-electron chi connectivity index (χ3n) is 2.92. The van der Waals surface area contributed by atoms with E-state index >= 15 is 0 Å². The van der Waals surface area contributed by atoms with Gasteiger partial charge in [0.25, 0.3) is 0 Å². The number of aromatic nitrogens is 2. The Kier molecular flexibility index (Phi) is 2.80. The van der Waals surface area contributed by atoms with Gasteiger partial charge in [0, 0.05) is 4.47 Å². The summed E-state index contributed by atoms with van der Waals surface area (Å²) in [6, 6.07) is 14.2. The number of halogens is 1. The van der Waals surface area contributed by atoms with Crippen LogP contribution in [0.1, 0.15) is 11.1 Å². The van der Waals surface area contributed by atoms with Crippen molar-refractivity contribution in [3.63, 3.8) is 0 Å². The normalized spacial score (nSPS) is 10.9. The number of H-pyrrole nitrogens is 2. The second-order valence-electron chi connectivity index (χ2n) is 4.23. The maximum atomic E-state index is 11.2. The number of nitrogens with one attached hydrogen (secondary N) is 2. The van der Waals surface area contributed by atoms with Gasteiger partial charge in [-0.3, -0.25) is 0 Å². The summed E-state index contributed by atoms with van der Waals surface area (Å²) >= 11 is 3.55. The Balaban J connectivity index is 2.06. The van der Waals surface area contributed by atoms with E-state index in [1.807, 2.05) is 30.3 Å². The monoisotopic (exact) mass is 302 g/mol. The summed E-state index contributed by atoms with van der Waals surface area (Å²) in [5, 5.41) is 0. The Morgan fingerprint density at radius 2 is 1.67 bits per heavy atom. The molecule has 4 heteroatoms. The van der Waals surface area contributed by atoms with Crippen molar-refractivity contribution in [2.45, 2.75) is 6.42 Å². The fourth-order valence-corrected chi connectivity index (χ4v) is 2.54. The summed E-state index contributed by atoms with van der Waals surface area (Å²) in [5.41, 5.74) is 3.89. The van der Waals surface area contributed by atoms with E-state index in [0.717, 1.165) is 27.5 Å². The predicted octanol–water partition coefficient (Wildman–Crippen LogP) is 3.21. The van der Waals surface area contributed by atoms with E-state index < -0.39 is 0 Å². The van der Waals surface area contributed by atoms with Crippen LogP contribution in [0.25, 0.3) is 11.0 Å². The molecule has 0 radical (unpaired) electrons. The van der Waals surface area contributed by atoms with Gasteiger partial charge in [-0.1, -0.05) is 46.3 Å². The summed E-state index contributed by atoms with van der Waals surface area (Å²) < 4.78 is 1.01. The minimum absolute atomic E-state index is 0.172. The number of aromatic amines is 2. The van der Waals surface area contributed by atoms with Crippen LogP contribution < -0.4 is 5.69 Å². The molecule has 0 amide bonds. The van der Waals surface area contributed by atoms with Crippen molar-refractivity contribution in [2.75, 3.05) is 0 Å². The van der Waals surface area contributed by atoms with E-state index in [1.165, 1.54) is 5.56 Å². The lowest BCUT2D eigenvalue weighted by Crippen LogP contribution is -1.99. The fourth-order valence-electron chi connectivity index (χ4n) is 2.05. The van der Waals surface area contributed by atoms with Crippen molar-refractivity contribution in [3.8, 4) is 0 Å². The Labute approximate surface area is 112 Å². The standard InChI is InChI=1S/C14H11BrN2O/c15-11-8-13-12(16-14(18)17-13)7-10(11)6-9-4-2-1-3-5-9/h1-5,7-8H,6H2,(H2,16,17,18). The molecular weight excluding hydrogens is 292 g/mol. The fraction of sp³-hybridized carbons (Fsp3) is 0.0714. The first-order chi connectivity index (χ1) is 8.72. The molecule has 90 valence electrons. The van der Waals surface area contributed by atoms with Gasteiger partial charge in [0.2, 0.25) is 0 Å². The molecule has 2 aromatic carbocycles. The summed E-state index contributed by atoms with van der Waals surface area (Å²) in [4.78, 5) is 16.8. The van der Waals surface area contributed by atoms with E-state index in [4.69, 9.17) is 0 Å². The molecular formula is C14H11BrN2O. The summed E-state index contributed by atoms with van der Waals surface area (Å²) in [5.74, 6) is 0. The summed E-state index contributed by atoms with van der Waals surface area (Å²) in [7, 11) is 0. The maximum absolute atomic E-state index is 11.2. The number of hydrogen-bond acceptors (Lipinski definition) is 1. The summed E-state index contributed by atoms with van der Waals surface area (Å²) in [6.07, 6.45) is 0.838. The molecule has 1 heterocycles. The zero-order valence-corrected chi connectivity index (χ0v) is 11.1. The lowest BCUT2D eigenvalue weighted by Gasteiger charge is -2.05. The molecule has 0 aliphatic rings. The second kappa shape index (κ2) is 4.46. The average molecular weight is 303 g/mol. The molecule has 3 aromatic rings. The zero-order valence-electron chi connectivity index (χ0n) is 9.53. The van der Waals surface area contributed by atoms with Crippen molar-refractivity contribution < 1.29 is 0 Å². The molecule has 18 heavy (non-hydrogen) atoms. The van der Waals surface area contributed by atoms with Gasteiger partial charge < -0.3 is 9.97 Å². The number of hydrogen-bond donors (Lipinski definition) is 2. The molecule has 0 bridgehead atoms. The molecule has 3 nitrogen and oxygen atoms in total. The number of benzene rings is 2. The highest BCUT2D eigenvalue weighted by Gasteiger charge is 2.06. The van der Waals surface area contributed by atoms with Crippen molar-refractivity contribution in [3.05, 3.63) is 68.5 Å². The quantitative estimate of drug-likeness (QED) is 0.750. The highest BCUT2D eigenvalue weighted by molar-refractivity contribution is 9.10. The van der Waals surface area contributed by atoms with Crippen LogP contribution in [0.3, 0.4) is 0 Å². The van der Waals surface area contributed by atoms with Gasteiger partial charge >= 0.3 is 5.69 Å². The molecule has 0 fully saturated rings. The van der Waals surface area contributed by atoms with Crippen molar-refractivity contribution in [1.82, 2.24) is 9.97 Å². The first kappa shape index (κ1) is 11.3. The SMILES string of the molecule is O=c1[nH]c2cc(Br)c(Cc3ccccc3)cc2[nH]1. The zero-order chi connectivity index (χ0) is 12.5. The van der Waals surface area contributed by atoms with Gasteiger partial charge in [-0.05, 0) is 29.7 Å². The van der Waals surface area contributed by atoms with E-state index in [0.29, 0.717) is 0 Å². The molecule has 2 N–H and O–H groups in total. The van der Waals surface area contributed by atoms with Crippen LogP contribution in [-0.4, -0.2) is 9.97 Å². The minimum Gasteiger partial charge on any atom is -0.306 e. The van der Waals surface area contributed by atoms with Gasteiger partial charge in [-0.25, -0.2) is 4.79 Å². The lowest BCUT2D eigenvalue weighted by atomic mass is 10.0. The van der Waals surface area contributed by atoms with Gasteiger partial charge in [-0.15, -0.1) is 0 Å². The highest BCUT2D eigenvalue weighted by atomic mass is 79.9. The van der Waals surface area contributed by atoms with Gasteiger partial charge in [0.1, 0.15) is 0 Å². The van der Waals surface area contributed by atoms with E-state index in [1.54, 1.807) is 0 Å². The molecule has 3 rings (SSSR count). The third kappa shape index (κ3) is 2.11. The third-order valence-corrected chi connectivity index (χ3v) is 3.66. The largest absolute Gasteiger partial charge is 0.323 e. The van der Waals surface area contributed by atoms with E-state index in [2.05, 4.69) is 38.0 Å². The van der Waals surface area contributed by atoms with Gasteiger partial charge in [0.15, 0.2) is 0 Å². The van der Waals surface area contributed by atoms with Crippen molar-refractivity contribution in [2.24, 2.45) is 0 Å². The first-order valence-electron chi connectivity index (χ1n) is 5.67. The molecule has 0 unspecified atom stereocenters. The Morgan fingerprint density at radius 1 is 1.00 bits per heavy atom. The van der Waals surface area contributed by atoms with Crippen LogP contribution in [-0.2, 0) is 6.42 Å². The molecule has 0 saturated carbocycles. The molecule has 0 saturated heterocycles. The van der Waals surface area contributed by atoms with Crippen LogP contribution in [0, 0.1) is 0 Å². The highest BCUT2D eigenvalue weighted by Crippen LogP contribution is 2.24. The molecule has 0 aliphatic carbocycles. The predicted molar refractivity (Wildman–Crippen MR) is 75.9 cm³/mol. The van der Waals surface area contributed by atoms with Crippen molar-refractivity contribution >= 4 is 27.0 Å². The smallest absolute Gasteiger partial charge is 0.306 e.